The van der Waals surface area contributed by atoms with Crippen LogP contribution >= 0.6 is 35.7 Å². The van der Waals surface area contributed by atoms with E-state index in [4.69, 9.17) is 4.42 Å². The van der Waals surface area contributed by atoms with Gasteiger partial charge in [0.05, 0.1) is 11.9 Å². The Bertz CT molecular complexity index is 582. The molecule has 1 amide bonds. The summed E-state index contributed by atoms with van der Waals surface area (Å²) < 4.78 is 5.18. The van der Waals surface area contributed by atoms with Crippen molar-refractivity contribution in [2.75, 3.05) is 51.3 Å². The molecule has 3 heterocycles. The van der Waals surface area contributed by atoms with Crippen LogP contribution in [0.1, 0.15) is 17.0 Å². The first-order valence-corrected chi connectivity index (χ1v) is 9.35. The van der Waals surface area contributed by atoms with Crippen molar-refractivity contribution in [3.8, 4) is 0 Å². The Balaban J connectivity index is 0.00000225. The number of hydrogen-bond donors (Lipinski definition) is 2. The van der Waals surface area contributed by atoms with Crippen molar-refractivity contribution in [3.05, 3.63) is 24.2 Å². The van der Waals surface area contributed by atoms with Gasteiger partial charge in [0.15, 0.2) is 11.7 Å². The summed E-state index contributed by atoms with van der Waals surface area (Å²) in [5, 5.41) is 13.7. The molecule has 1 aromatic rings. The maximum atomic E-state index is 12.3. The second kappa shape index (κ2) is 9.13. The lowest BCUT2D eigenvalue weighted by atomic mass is 10.0. The predicted molar refractivity (Wildman–Crippen MR) is 110 cm³/mol. The van der Waals surface area contributed by atoms with Crippen LogP contribution in [0.2, 0.25) is 0 Å². The number of nitrogens with one attached hydrogen (secondary N) is 1. The van der Waals surface area contributed by atoms with E-state index in [0.29, 0.717) is 38.5 Å². The number of furan rings is 1. The summed E-state index contributed by atoms with van der Waals surface area (Å²) in [6.07, 6.45) is 2.33. The van der Waals surface area contributed by atoms with Gasteiger partial charge in [-0.15, -0.1) is 24.0 Å². The number of hydrogen-bond acceptors (Lipinski definition) is 5. The van der Waals surface area contributed by atoms with Crippen LogP contribution in [0.4, 0.5) is 0 Å². The number of aliphatic hydroxyl groups is 1. The first-order valence-electron chi connectivity index (χ1n) is 8.20. The molecular weight excluding hydrogens is 455 g/mol. The lowest BCUT2D eigenvalue weighted by Crippen LogP contribution is -2.55. The van der Waals surface area contributed by atoms with E-state index in [2.05, 4.69) is 15.2 Å². The molecule has 0 radical (unpaired) electrons. The van der Waals surface area contributed by atoms with Gasteiger partial charge in [-0.25, -0.2) is 0 Å². The molecule has 0 spiro atoms. The van der Waals surface area contributed by atoms with Crippen LogP contribution in [0.3, 0.4) is 0 Å². The largest absolute Gasteiger partial charge is 0.459 e. The molecule has 3 rings (SSSR count). The Kier molecular flexibility index (Phi) is 7.44. The molecule has 140 valence electrons. The molecule has 1 unspecified atom stereocenters. The number of guanidine groups is 1. The predicted octanol–water partition coefficient (Wildman–Crippen LogP) is 1.10. The Morgan fingerprint density at radius 3 is 2.68 bits per heavy atom. The van der Waals surface area contributed by atoms with Gasteiger partial charge in [-0.05, 0) is 24.3 Å². The summed E-state index contributed by atoms with van der Waals surface area (Å²) >= 11 is 1.78. The number of carbonyl (C=O) groups is 1. The number of nitrogens with zero attached hydrogens (tertiary/aromatic N) is 3. The van der Waals surface area contributed by atoms with Gasteiger partial charge >= 0.3 is 0 Å². The fourth-order valence-electron chi connectivity index (χ4n) is 2.99. The first kappa shape index (κ1) is 20.4. The van der Waals surface area contributed by atoms with E-state index in [1.165, 1.54) is 6.26 Å². The van der Waals surface area contributed by atoms with Crippen LogP contribution < -0.4 is 5.32 Å². The number of carbonyl (C=O) groups excluding carboxylic acids is 1. The quantitative estimate of drug-likeness (QED) is 0.383. The highest BCUT2D eigenvalue weighted by Gasteiger charge is 2.32. The van der Waals surface area contributed by atoms with Gasteiger partial charge in [-0.2, -0.15) is 11.8 Å². The monoisotopic (exact) mass is 480 g/mol. The zero-order chi connectivity index (χ0) is 17.0. The van der Waals surface area contributed by atoms with Crippen LogP contribution in [-0.4, -0.2) is 83.7 Å². The van der Waals surface area contributed by atoms with Gasteiger partial charge in [0.25, 0.3) is 5.91 Å². The summed E-state index contributed by atoms with van der Waals surface area (Å²) in [4.78, 5) is 20.5. The minimum atomic E-state index is -0.641. The van der Waals surface area contributed by atoms with Crippen molar-refractivity contribution >= 4 is 47.6 Å². The standard InChI is InChI=1S/C16H24N4O3S.HI/c1-17-15(18-11-16(22)4-10-24-12-16)20-7-5-19(6-8-20)14(21)13-3-2-9-23-13;/h2-3,9,22H,4-8,10-12H2,1H3,(H,17,18);1H. The third kappa shape index (κ3) is 5.04. The van der Waals surface area contributed by atoms with Gasteiger partial charge in [0.2, 0.25) is 0 Å². The van der Waals surface area contributed by atoms with Crippen LogP contribution in [0.25, 0.3) is 0 Å². The molecule has 2 saturated heterocycles. The average Bonchev–Trinajstić information content (AvgIpc) is 3.27. The Labute approximate surface area is 169 Å². The lowest BCUT2D eigenvalue weighted by Gasteiger charge is -2.37. The summed E-state index contributed by atoms with van der Waals surface area (Å²) in [7, 11) is 1.75. The fourth-order valence-corrected chi connectivity index (χ4v) is 4.28. The van der Waals surface area contributed by atoms with E-state index in [9.17, 15) is 9.90 Å². The van der Waals surface area contributed by atoms with E-state index in [-0.39, 0.29) is 29.9 Å². The SMILES string of the molecule is CN=C(NCC1(O)CCSC1)N1CCN(C(=O)c2ccco2)CC1.I. The summed E-state index contributed by atoms with van der Waals surface area (Å²) in [6.45, 7) is 3.18. The molecule has 0 saturated carbocycles. The number of amides is 1. The second-order valence-corrected chi connectivity index (χ2v) is 7.29. The molecule has 7 nitrogen and oxygen atoms in total. The molecule has 9 heteroatoms. The van der Waals surface area contributed by atoms with Crippen molar-refractivity contribution in [2.24, 2.45) is 4.99 Å². The first-order chi connectivity index (χ1) is 11.6. The van der Waals surface area contributed by atoms with Crippen LogP contribution in [0.5, 0.6) is 0 Å². The van der Waals surface area contributed by atoms with Gasteiger partial charge in [0.1, 0.15) is 0 Å². The molecule has 2 aliphatic rings. The number of rotatable bonds is 3. The van der Waals surface area contributed by atoms with E-state index >= 15 is 0 Å². The molecule has 1 aromatic heterocycles. The molecule has 2 N–H and O–H groups in total. The Morgan fingerprint density at radius 1 is 1.40 bits per heavy atom. The third-order valence-corrected chi connectivity index (χ3v) is 5.70. The van der Waals surface area contributed by atoms with Gasteiger partial charge in [0, 0.05) is 45.5 Å². The van der Waals surface area contributed by atoms with Crippen molar-refractivity contribution in [3.63, 3.8) is 0 Å². The molecule has 2 fully saturated rings. The number of aliphatic imine (C=N–C) groups is 1. The maximum absolute atomic E-state index is 12.3. The fraction of sp³-hybridized carbons (Fsp3) is 0.625. The van der Waals surface area contributed by atoms with E-state index in [0.717, 1.165) is 23.9 Å². The van der Waals surface area contributed by atoms with E-state index < -0.39 is 5.60 Å². The van der Waals surface area contributed by atoms with Gasteiger partial charge in [-0.1, -0.05) is 0 Å². The maximum Gasteiger partial charge on any atom is 0.289 e. The van der Waals surface area contributed by atoms with E-state index in [1.807, 2.05) is 0 Å². The molecule has 2 aliphatic heterocycles. The molecule has 1 atom stereocenters. The van der Waals surface area contributed by atoms with Crippen molar-refractivity contribution < 1.29 is 14.3 Å². The number of thioether (sulfide) groups is 1. The molecule has 0 aliphatic carbocycles. The second-order valence-electron chi connectivity index (χ2n) is 6.18. The summed E-state index contributed by atoms with van der Waals surface area (Å²) in [6, 6.07) is 3.41. The van der Waals surface area contributed by atoms with Crippen LogP contribution in [0.15, 0.2) is 27.8 Å². The Morgan fingerprint density at radius 2 is 2.12 bits per heavy atom. The molecular formula is C16H25IN4O3S. The molecule has 0 bridgehead atoms. The van der Waals surface area contributed by atoms with Crippen LogP contribution in [-0.2, 0) is 0 Å². The van der Waals surface area contributed by atoms with Crippen molar-refractivity contribution in [2.45, 2.75) is 12.0 Å². The molecule has 25 heavy (non-hydrogen) atoms. The van der Waals surface area contributed by atoms with Crippen molar-refractivity contribution in [1.29, 1.82) is 0 Å². The minimum Gasteiger partial charge on any atom is -0.459 e. The highest BCUT2D eigenvalue weighted by Crippen LogP contribution is 2.27. The van der Waals surface area contributed by atoms with Gasteiger partial charge < -0.3 is 24.6 Å². The minimum absolute atomic E-state index is 0. The number of piperazine rings is 1. The zero-order valence-corrected chi connectivity index (χ0v) is 17.5. The summed E-state index contributed by atoms with van der Waals surface area (Å²) in [5.41, 5.74) is -0.641. The molecule has 0 aromatic carbocycles. The Hall–Kier alpha value is -0.940. The average molecular weight is 480 g/mol. The van der Waals surface area contributed by atoms with E-state index in [1.54, 1.807) is 35.8 Å². The highest BCUT2D eigenvalue weighted by molar-refractivity contribution is 14.0. The number of halogens is 1. The summed E-state index contributed by atoms with van der Waals surface area (Å²) in [5.74, 6) is 2.87. The zero-order valence-electron chi connectivity index (χ0n) is 14.3. The van der Waals surface area contributed by atoms with Crippen molar-refractivity contribution in [1.82, 2.24) is 15.1 Å². The smallest absolute Gasteiger partial charge is 0.289 e. The topological polar surface area (TPSA) is 81.3 Å². The highest BCUT2D eigenvalue weighted by atomic mass is 127. The van der Waals surface area contributed by atoms with Gasteiger partial charge in [-0.3, -0.25) is 9.79 Å². The normalized spacial score (nSPS) is 24.2. The third-order valence-electron chi connectivity index (χ3n) is 4.47. The lowest BCUT2D eigenvalue weighted by molar-refractivity contribution is 0.0645. The van der Waals surface area contributed by atoms with Crippen LogP contribution in [0, 0.1) is 0 Å².